The van der Waals surface area contributed by atoms with Crippen molar-refractivity contribution in [3.05, 3.63) is 29.8 Å². The Morgan fingerprint density at radius 2 is 1.01 bits per heavy atom. The fourth-order valence-corrected chi connectivity index (χ4v) is 18.9. The van der Waals surface area contributed by atoms with Gasteiger partial charge in [-0.2, -0.15) is 0 Å². The highest BCUT2D eigenvalue weighted by Crippen LogP contribution is 2.57. The van der Waals surface area contributed by atoms with Crippen molar-refractivity contribution < 1.29 is 61.9 Å². The average Bonchev–Trinajstić information content (AvgIpc) is 3.67. The first-order chi connectivity index (χ1) is 39.7. The normalized spacial score (nSPS) is 37.5. The van der Waals surface area contributed by atoms with Crippen LogP contribution in [-0.2, 0) is 49.2 Å². The molecule has 3 atom stereocenters. The third-order valence-corrected chi connectivity index (χ3v) is 21.7. The Bertz CT molecular complexity index is 2280. The summed E-state index contributed by atoms with van der Waals surface area (Å²) in [4.78, 5) is 76.6. The topological polar surface area (TPSA) is 186 Å². The minimum absolute atomic E-state index is 0.0419. The SMILES string of the molecule is CCOC(=O)C1(Cc2ccccc2OC)CCCN(C(=O)OC2C3CC4CC(C3)CC2C4)C1.CCOC(=O)C1CCCN(C(=O)OC2C3CC4CC(C3)CC2C4)C1.CCOC(=O)C1CCCNC1.O=C(Cl)OC1C2CC3CC(C2)CC1C3. The van der Waals surface area contributed by atoms with Crippen LogP contribution < -0.4 is 10.1 Å². The third kappa shape index (κ3) is 14.5. The van der Waals surface area contributed by atoms with Gasteiger partial charge in [0.1, 0.15) is 24.1 Å². The first-order valence-corrected chi connectivity index (χ1v) is 32.7. The molecule has 1 aromatic carbocycles. The number of carbonyl (C=O) groups is 6. The van der Waals surface area contributed by atoms with Gasteiger partial charge in [0, 0.05) is 44.3 Å². The van der Waals surface area contributed by atoms with Crippen LogP contribution in [-0.4, -0.2) is 130 Å². The van der Waals surface area contributed by atoms with E-state index in [4.69, 9.17) is 44.8 Å². The Balaban J connectivity index is 0.000000133. The van der Waals surface area contributed by atoms with Crippen LogP contribution in [0.3, 0.4) is 0 Å². The number of halogens is 1. The molecule has 17 heteroatoms. The molecule has 2 amide bonds. The van der Waals surface area contributed by atoms with E-state index in [0.29, 0.717) is 94.3 Å². The molecule has 82 heavy (non-hydrogen) atoms. The highest BCUT2D eigenvalue weighted by atomic mass is 35.5. The molecule has 1 aromatic rings. The van der Waals surface area contributed by atoms with Gasteiger partial charge in [0.05, 0.1) is 44.2 Å². The van der Waals surface area contributed by atoms with E-state index in [0.717, 1.165) is 92.0 Å². The Kier molecular flexibility index (Phi) is 20.6. The Morgan fingerprint density at radius 3 is 1.48 bits per heavy atom. The number of rotatable bonds is 12. The summed E-state index contributed by atoms with van der Waals surface area (Å²) in [6.45, 7) is 10.6. The molecule has 456 valence electrons. The number of amides is 2. The number of methoxy groups -OCH3 is 1. The molecule has 3 saturated heterocycles. The van der Waals surface area contributed by atoms with Gasteiger partial charge in [-0.1, -0.05) is 18.2 Å². The first-order valence-electron chi connectivity index (χ1n) is 32.3. The molecule has 0 radical (unpaired) electrons. The number of nitrogens with one attached hydrogen (secondary N) is 1. The highest BCUT2D eigenvalue weighted by Gasteiger charge is 2.54. The van der Waals surface area contributed by atoms with Gasteiger partial charge >= 0.3 is 35.5 Å². The van der Waals surface area contributed by atoms with Crippen molar-refractivity contribution >= 4 is 47.1 Å². The van der Waals surface area contributed by atoms with Gasteiger partial charge in [-0.3, -0.25) is 14.4 Å². The molecule has 3 aliphatic heterocycles. The molecule has 12 bridgehead atoms. The average molecular weight is 1160 g/mol. The minimum atomic E-state index is -0.786. The van der Waals surface area contributed by atoms with Crippen LogP contribution in [0.4, 0.5) is 14.4 Å². The van der Waals surface area contributed by atoms with Gasteiger partial charge in [0.15, 0.2) is 0 Å². The molecule has 3 unspecified atom stereocenters. The van der Waals surface area contributed by atoms with Gasteiger partial charge < -0.3 is 48.3 Å². The lowest BCUT2D eigenvalue weighted by atomic mass is 9.55. The summed E-state index contributed by atoms with van der Waals surface area (Å²) in [5.74, 6) is 8.95. The lowest BCUT2D eigenvalue weighted by molar-refractivity contribution is -0.159. The lowest BCUT2D eigenvalue weighted by Crippen LogP contribution is -2.54. The van der Waals surface area contributed by atoms with E-state index in [2.05, 4.69) is 5.32 Å². The zero-order valence-electron chi connectivity index (χ0n) is 49.6. The molecule has 15 aliphatic rings. The molecule has 12 aliphatic carbocycles. The second kappa shape index (κ2) is 27.8. The predicted octanol–water partition coefficient (Wildman–Crippen LogP) is 11.8. The largest absolute Gasteiger partial charge is 0.496 e. The van der Waals surface area contributed by atoms with Gasteiger partial charge in [-0.15, -0.1) is 0 Å². The maximum atomic E-state index is 13.4. The van der Waals surface area contributed by atoms with Gasteiger partial charge in [-0.05, 0) is 251 Å². The van der Waals surface area contributed by atoms with Crippen LogP contribution in [0.15, 0.2) is 24.3 Å². The van der Waals surface area contributed by atoms with Crippen molar-refractivity contribution in [3.8, 4) is 5.75 Å². The fourth-order valence-electron chi connectivity index (χ4n) is 18.8. The number of nitrogens with zero attached hydrogens (tertiary/aromatic N) is 2. The van der Waals surface area contributed by atoms with E-state index in [-0.39, 0.29) is 60.2 Å². The van der Waals surface area contributed by atoms with Crippen molar-refractivity contribution in [1.82, 2.24) is 15.1 Å². The third-order valence-electron chi connectivity index (χ3n) is 21.6. The number of benzene rings is 1. The lowest BCUT2D eigenvalue weighted by Gasteiger charge is -2.53. The van der Waals surface area contributed by atoms with Gasteiger partial charge in [0.2, 0.25) is 0 Å². The molecular weight excluding hydrogens is 1070 g/mol. The van der Waals surface area contributed by atoms with Crippen molar-refractivity contribution in [2.24, 2.45) is 88.3 Å². The number of para-hydroxylation sites is 1. The second-order valence-corrected chi connectivity index (χ2v) is 27.5. The molecule has 16 rings (SSSR count). The summed E-state index contributed by atoms with van der Waals surface area (Å²) in [6.07, 6.45) is 24.6. The van der Waals surface area contributed by atoms with Crippen LogP contribution in [0.25, 0.3) is 0 Å². The monoisotopic (exact) mass is 1160 g/mol. The zero-order chi connectivity index (χ0) is 57.5. The zero-order valence-corrected chi connectivity index (χ0v) is 50.4. The molecule has 12 saturated carbocycles. The highest BCUT2D eigenvalue weighted by molar-refractivity contribution is 6.61. The number of esters is 3. The summed E-state index contributed by atoms with van der Waals surface area (Å²) in [5.41, 5.74) is -0.432. The summed E-state index contributed by atoms with van der Waals surface area (Å²) in [6, 6.07) is 7.79. The van der Waals surface area contributed by atoms with Crippen LogP contribution in [0.5, 0.6) is 5.75 Å². The van der Waals surface area contributed by atoms with Crippen LogP contribution in [0.2, 0.25) is 0 Å². The summed E-state index contributed by atoms with van der Waals surface area (Å²) >= 11 is 5.31. The van der Waals surface area contributed by atoms with Gasteiger partial charge in [-0.25, -0.2) is 14.4 Å². The van der Waals surface area contributed by atoms with Crippen LogP contribution in [0.1, 0.15) is 161 Å². The predicted molar refractivity (Wildman–Crippen MR) is 308 cm³/mol. The van der Waals surface area contributed by atoms with Crippen molar-refractivity contribution in [2.75, 3.05) is 66.2 Å². The van der Waals surface area contributed by atoms with Crippen molar-refractivity contribution in [2.45, 2.75) is 180 Å². The number of ether oxygens (including phenoxy) is 7. The smallest absolute Gasteiger partial charge is 0.410 e. The Labute approximate surface area is 492 Å². The molecule has 0 aromatic heterocycles. The minimum Gasteiger partial charge on any atom is -0.496 e. The molecule has 1 N–H and O–H groups in total. The van der Waals surface area contributed by atoms with E-state index in [1.807, 2.05) is 45.0 Å². The number of hydrogen-bond donors (Lipinski definition) is 1. The standard InChI is InChI=1S/C27H37NO5.C19H29NO4.C11H15ClO2.C8H15NO2/c1-3-32-25(29)27(16-20-7-4-5-8-23(20)31-2)9-6-10-28(17-27)26(30)33-24-21-12-18-11-19(14-21)15-22(24)13-18;1-2-23-18(21)14-4-3-5-20(11-14)19(22)24-17-15-7-12-6-13(9-15)10-16(17)8-12;12-11(13)14-10-8-2-6-1-7(4-8)5-9(10)3-6;1-2-11-8(10)7-4-3-5-9-6-7/h4-5,7-8,18-19,21-22,24H,3,6,9-17H2,1-2H3;12-17H,2-11H2,1H3;6-10H,1-5H2;7,9H,2-6H2,1H3. The number of likely N-dealkylation sites (tertiary alicyclic amines) is 2. The maximum Gasteiger partial charge on any atom is 0.410 e. The van der Waals surface area contributed by atoms with E-state index < -0.39 is 10.8 Å². The van der Waals surface area contributed by atoms with Crippen LogP contribution in [0, 0.1) is 88.3 Å². The van der Waals surface area contributed by atoms with Crippen LogP contribution >= 0.6 is 11.6 Å². The number of carbonyl (C=O) groups excluding carboxylic acids is 6. The molecule has 16 nitrogen and oxygen atoms in total. The summed E-state index contributed by atoms with van der Waals surface area (Å²) < 4.78 is 38.5. The Hall–Kier alpha value is -4.31. The summed E-state index contributed by atoms with van der Waals surface area (Å²) in [5, 5.41) is 3.17. The quantitative estimate of drug-likeness (QED) is 0.118. The molecular formula is C65H96ClN3O13. The van der Waals surface area contributed by atoms with E-state index in [9.17, 15) is 28.8 Å². The number of piperidine rings is 3. The molecule has 3 heterocycles. The Morgan fingerprint density at radius 1 is 0.561 bits per heavy atom. The van der Waals surface area contributed by atoms with E-state index >= 15 is 0 Å². The van der Waals surface area contributed by atoms with Crippen molar-refractivity contribution in [1.29, 1.82) is 0 Å². The maximum absolute atomic E-state index is 13.4. The fraction of sp³-hybridized carbons (Fsp3) is 0.815. The van der Waals surface area contributed by atoms with Crippen molar-refractivity contribution in [3.63, 3.8) is 0 Å². The molecule has 0 spiro atoms. The summed E-state index contributed by atoms with van der Waals surface area (Å²) in [7, 11) is 1.64. The van der Waals surface area contributed by atoms with Gasteiger partial charge in [0.25, 0.3) is 0 Å². The second-order valence-electron chi connectivity index (χ2n) is 27.2. The molecule has 15 fully saturated rings. The van der Waals surface area contributed by atoms with E-state index in [1.54, 1.807) is 16.9 Å². The first kappa shape index (κ1) is 60.8. The van der Waals surface area contributed by atoms with E-state index in [1.165, 1.54) is 96.3 Å². The number of hydrogen-bond acceptors (Lipinski definition) is 14.